The first-order chi connectivity index (χ1) is 7.87. The number of benzene rings is 1. The van der Waals surface area contributed by atoms with E-state index >= 15 is 0 Å². The van der Waals surface area contributed by atoms with Crippen molar-refractivity contribution in [2.45, 2.75) is 6.18 Å². The van der Waals surface area contributed by atoms with E-state index in [2.05, 4.69) is 0 Å². The fourth-order valence-electron chi connectivity index (χ4n) is 1.40. The molecule has 90 valence electrons. The van der Waals surface area contributed by atoms with Crippen molar-refractivity contribution < 1.29 is 18.0 Å². The molecule has 0 unspecified atom stereocenters. The number of nitriles is 1. The van der Waals surface area contributed by atoms with Crippen LogP contribution in [0.4, 0.5) is 18.9 Å². The van der Waals surface area contributed by atoms with Crippen LogP contribution in [0.2, 0.25) is 0 Å². The van der Waals surface area contributed by atoms with Crippen molar-refractivity contribution in [3.05, 3.63) is 29.3 Å². The Morgan fingerprint density at radius 1 is 1.47 bits per heavy atom. The minimum absolute atomic E-state index is 0.0429. The molecule has 0 aliphatic carbocycles. The third-order valence-electron chi connectivity index (χ3n) is 2.10. The third-order valence-corrected chi connectivity index (χ3v) is 2.10. The predicted molar refractivity (Wildman–Crippen MR) is 55.9 cm³/mol. The van der Waals surface area contributed by atoms with E-state index in [9.17, 15) is 18.0 Å². The Morgan fingerprint density at radius 3 is 2.59 bits per heavy atom. The third kappa shape index (κ3) is 3.48. The van der Waals surface area contributed by atoms with Gasteiger partial charge < -0.3 is 4.90 Å². The number of anilines is 1. The van der Waals surface area contributed by atoms with Gasteiger partial charge in [-0.1, -0.05) is 0 Å². The molecule has 1 aromatic rings. The number of rotatable bonds is 3. The Kier molecular flexibility index (Phi) is 3.73. The molecule has 1 aromatic carbocycles. The SMILES string of the molecule is CN(CC(F)(F)F)c1ccc(C=O)cc1C#N. The largest absolute Gasteiger partial charge is 0.405 e. The number of aldehydes is 1. The lowest BCUT2D eigenvalue weighted by Crippen LogP contribution is -2.31. The van der Waals surface area contributed by atoms with Gasteiger partial charge in [0, 0.05) is 12.6 Å². The van der Waals surface area contributed by atoms with Gasteiger partial charge in [-0.2, -0.15) is 18.4 Å². The minimum atomic E-state index is -4.34. The zero-order valence-electron chi connectivity index (χ0n) is 8.95. The van der Waals surface area contributed by atoms with Gasteiger partial charge in [0.2, 0.25) is 0 Å². The number of hydrogen-bond acceptors (Lipinski definition) is 3. The molecule has 0 aliphatic heterocycles. The predicted octanol–water partition coefficient (Wildman–Crippen LogP) is 2.37. The van der Waals surface area contributed by atoms with Gasteiger partial charge in [0.05, 0.1) is 11.3 Å². The molecule has 0 amide bonds. The summed E-state index contributed by atoms with van der Waals surface area (Å²) in [5.41, 5.74) is 0.447. The molecule has 1 rings (SSSR count). The van der Waals surface area contributed by atoms with Crippen molar-refractivity contribution in [3.63, 3.8) is 0 Å². The van der Waals surface area contributed by atoms with Crippen molar-refractivity contribution in [1.82, 2.24) is 0 Å². The highest BCUT2D eigenvalue weighted by Gasteiger charge is 2.30. The summed E-state index contributed by atoms with van der Waals surface area (Å²) in [5, 5.41) is 8.81. The molecule has 0 aromatic heterocycles. The average molecular weight is 242 g/mol. The second-order valence-electron chi connectivity index (χ2n) is 3.48. The molecule has 6 heteroatoms. The van der Waals surface area contributed by atoms with E-state index in [1.54, 1.807) is 6.07 Å². The Balaban J connectivity index is 3.06. The van der Waals surface area contributed by atoms with Crippen LogP contribution in [0, 0.1) is 11.3 Å². The Morgan fingerprint density at radius 2 is 2.12 bits per heavy atom. The lowest BCUT2D eigenvalue weighted by atomic mass is 10.1. The van der Waals surface area contributed by atoms with Crippen LogP contribution in [0.1, 0.15) is 15.9 Å². The fraction of sp³-hybridized carbons (Fsp3) is 0.273. The van der Waals surface area contributed by atoms with E-state index in [1.165, 1.54) is 25.2 Å². The van der Waals surface area contributed by atoms with E-state index in [-0.39, 0.29) is 16.8 Å². The number of alkyl halides is 3. The van der Waals surface area contributed by atoms with Crippen LogP contribution in [0.5, 0.6) is 0 Å². The highest BCUT2D eigenvalue weighted by Crippen LogP contribution is 2.24. The van der Waals surface area contributed by atoms with Crippen molar-refractivity contribution in [1.29, 1.82) is 5.26 Å². The summed E-state index contributed by atoms with van der Waals surface area (Å²) in [4.78, 5) is 11.4. The maximum Gasteiger partial charge on any atom is 0.405 e. The molecule has 0 N–H and O–H groups in total. The molecule has 0 radical (unpaired) electrons. The van der Waals surface area contributed by atoms with E-state index < -0.39 is 12.7 Å². The smallest absolute Gasteiger partial charge is 0.365 e. The molecule has 0 atom stereocenters. The molecule has 0 aliphatic rings. The average Bonchev–Trinajstić information content (AvgIpc) is 2.25. The van der Waals surface area contributed by atoms with Gasteiger partial charge >= 0.3 is 6.18 Å². The number of carbonyl (C=O) groups excluding carboxylic acids is 1. The molecular weight excluding hydrogens is 233 g/mol. The summed E-state index contributed by atoms with van der Waals surface area (Å²) in [6, 6.07) is 5.73. The van der Waals surface area contributed by atoms with Crippen LogP contribution in [-0.4, -0.2) is 26.1 Å². The first kappa shape index (κ1) is 13.0. The van der Waals surface area contributed by atoms with Crippen molar-refractivity contribution in [3.8, 4) is 6.07 Å². The van der Waals surface area contributed by atoms with Crippen molar-refractivity contribution in [2.24, 2.45) is 0 Å². The second-order valence-corrected chi connectivity index (χ2v) is 3.48. The summed E-state index contributed by atoms with van der Waals surface area (Å²) in [7, 11) is 1.24. The van der Waals surface area contributed by atoms with E-state index in [4.69, 9.17) is 5.26 Å². The topological polar surface area (TPSA) is 44.1 Å². The summed E-state index contributed by atoms with van der Waals surface area (Å²) in [5.74, 6) is 0. The van der Waals surface area contributed by atoms with Gasteiger partial charge in [-0.15, -0.1) is 0 Å². The Hall–Kier alpha value is -2.03. The summed E-state index contributed by atoms with van der Waals surface area (Å²) in [6.45, 7) is -1.15. The van der Waals surface area contributed by atoms with Crippen LogP contribution < -0.4 is 4.90 Å². The molecule has 0 saturated heterocycles. The second kappa shape index (κ2) is 4.87. The monoisotopic (exact) mass is 242 g/mol. The summed E-state index contributed by atoms with van der Waals surface area (Å²) in [6.07, 6.45) is -3.81. The molecule has 0 spiro atoms. The quantitative estimate of drug-likeness (QED) is 0.764. The molecular formula is C11H9F3N2O. The first-order valence-electron chi connectivity index (χ1n) is 4.64. The molecule has 0 heterocycles. The molecule has 0 bridgehead atoms. The van der Waals surface area contributed by atoms with Gasteiger partial charge in [-0.25, -0.2) is 0 Å². The Bertz CT molecular complexity index is 463. The number of nitrogens with zero attached hydrogens (tertiary/aromatic N) is 2. The van der Waals surface area contributed by atoms with Crippen LogP contribution in [0.25, 0.3) is 0 Å². The van der Waals surface area contributed by atoms with Gasteiger partial charge in [-0.3, -0.25) is 4.79 Å². The van der Waals surface area contributed by atoms with Crippen molar-refractivity contribution in [2.75, 3.05) is 18.5 Å². The highest BCUT2D eigenvalue weighted by molar-refractivity contribution is 5.78. The van der Waals surface area contributed by atoms with Crippen LogP contribution >= 0.6 is 0 Å². The van der Waals surface area contributed by atoms with Gasteiger partial charge in [0.25, 0.3) is 0 Å². The van der Waals surface area contributed by atoms with Crippen LogP contribution in [-0.2, 0) is 0 Å². The minimum Gasteiger partial charge on any atom is -0.365 e. The molecule has 17 heavy (non-hydrogen) atoms. The van der Waals surface area contributed by atoms with Crippen molar-refractivity contribution >= 4 is 12.0 Å². The van der Waals surface area contributed by atoms with Gasteiger partial charge in [0.1, 0.15) is 18.9 Å². The maximum absolute atomic E-state index is 12.2. The number of hydrogen-bond donors (Lipinski definition) is 0. The fourth-order valence-corrected chi connectivity index (χ4v) is 1.40. The highest BCUT2D eigenvalue weighted by atomic mass is 19.4. The lowest BCUT2D eigenvalue weighted by Gasteiger charge is -2.21. The number of carbonyl (C=O) groups is 1. The van der Waals surface area contributed by atoms with E-state index in [0.29, 0.717) is 6.29 Å². The zero-order valence-corrected chi connectivity index (χ0v) is 8.95. The summed E-state index contributed by atoms with van der Waals surface area (Å²) < 4.78 is 36.6. The molecule has 0 saturated carbocycles. The van der Waals surface area contributed by atoms with Gasteiger partial charge in [0.15, 0.2) is 0 Å². The van der Waals surface area contributed by atoms with Gasteiger partial charge in [-0.05, 0) is 18.2 Å². The normalized spacial score (nSPS) is 10.8. The Labute approximate surface area is 96.1 Å². The summed E-state index contributed by atoms with van der Waals surface area (Å²) >= 11 is 0. The van der Waals surface area contributed by atoms with Crippen LogP contribution in [0.3, 0.4) is 0 Å². The molecule has 0 fully saturated rings. The molecule has 3 nitrogen and oxygen atoms in total. The van der Waals surface area contributed by atoms with E-state index in [0.717, 1.165) is 4.90 Å². The lowest BCUT2D eigenvalue weighted by molar-refractivity contribution is -0.119. The zero-order chi connectivity index (χ0) is 13.1. The van der Waals surface area contributed by atoms with Crippen LogP contribution in [0.15, 0.2) is 18.2 Å². The van der Waals surface area contributed by atoms with E-state index in [1.807, 2.05) is 0 Å². The number of halogens is 3. The standard InChI is InChI=1S/C11H9F3N2O/c1-16(7-11(12,13)14)10-3-2-8(6-17)4-9(10)5-15/h2-4,6H,7H2,1H3. The maximum atomic E-state index is 12.2. The first-order valence-corrected chi connectivity index (χ1v) is 4.64.